The minimum absolute atomic E-state index is 0. The Hall–Kier alpha value is -0.870. The maximum Gasteiger partial charge on any atom is 0.194 e. The molecule has 1 aromatic rings. The van der Waals surface area contributed by atoms with Crippen molar-refractivity contribution in [3.05, 3.63) is 35.4 Å². The van der Waals surface area contributed by atoms with Gasteiger partial charge in [0.05, 0.1) is 17.0 Å². The number of piperidine rings is 1. The van der Waals surface area contributed by atoms with Crippen molar-refractivity contribution in [3.8, 4) is 0 Å². The summed E-state index contributed by atoms with van der Waals surface area (Å²) in [5.41, 5.74) is 2.59. The lowest BCUT2D eigenvalue weighted by molar-refractivity contribution is 0.220. The molecule has 0 bridgehead atoms. The van der Waals surface area contributed by atoms with Gasteiger partial charge in [0.25, 0.3) is 0 Å². The van der Waals surface area contributed by atoms with E-state index in [4.69, 9.17) is 4.99 Å². The third-order valence-corrected chi connectivity index (χ3v) is 8.57. The number of hydrogen-bond acceptors (Lipinski definition) is 4. The van der Waals surface area contributed by atoms with Crippen LogP contribution in [0, 0.1) is 0 Å². The van der Waals surface area contributed by atoms with Crippen LogP contribution in [0.5, 0.6) is 0 Å². The van der Waals surface area contributed by atoms with Gasteiger partial charge in [-0.2, -0.15) is 0 Å². The van der Waals surface area contributed by atoms with E-state index in [1.165, 1.54) is 43.5 Å². The number of halogens is 1. The molecular weight excluding hydrogens is 511 g/mol. The molecule has 6 nitrogen and oxygen atoms in total. The zero-order valence-electron chi connectivity index (χ0n) is 18.6. The van der Waals surface area contributed by atoms with E-state index in [1.807, 2.05) is 20.8 Å². The normalized spacial score (nSPS) is 21.7. The lowest BCUT2D eigenvalue weighted by Crippen LogP contribution is -2.57. The second kappa shape index (κ2) is 11.1. The van der Waals surface area contributed by atoms with Gasteiger partial charge in [0, 0.05) is 26.2 Å². The molecule has 1 N–H and O–H groups in total. The Morgan fingerprint density at radius 3 is 2.40 bits per heavy atom. The molecule has 0 aliphatic carbocycles. The molecule has 2 heterocycles. The fourth-order valence-electron chi connectivity index (χ4n) is 4.13. The first-order chi connectivity index (χ1) is 13.8. The van der Waals surface area contributed by atoms with Gasteiger partial charge in [-0.15, -0.1) is 24.0 Å². The van der Waals surface area contributed by atoms with E-state index in [0.717, 1.165) is 19.0 Å². The molecule has 0 atom stereocenters. The maximum atomic E-state index is 12.4. The number of sulfone groups is 1. The summed E-state index contributed by atoms with van der Waals surface area (Å²) < 4.78 is 23.9. The standard InChI is InChI=1S/C22H36N4O2S.HI/c1-4-23-21(26-14-15-29(27,28)22(2,3)18-26)24-16-19-10-6-7-11-20(19)17-25-12-8-5-9-13-25;/h6-7,10-11H,4-5,8-9,12-18H2,1-3H3,(H,23,24);1H. The molecule has 0 aromatic heterocycles. The molecule has 2 aliphatic rings. The molecular formula is C22H37IN4O2S. The van der Waals surface area contributed by atoms with Crippen molar-refractivity contribution in [3.63, 3.8) is 0 Å². The quantitative estimate of drug-likeness (QED) is 0.348. The van der Waals surface area contributed by atoms with E-state index in [-0.39, 0.29) is 29.7 Å². The fraction of sp³-hybridized carbons (Fsp3) is 0.682. The van der Waals surface area contributed by atoms with Crippen LogP contribution in [0.25, 0.3) is 0 Å². The van der Waals surface area contributed by atoms with Gasteiger partial charge in [-0.1, -0.05) is 30.7 Å². The first-order valence-corrected chi connectivity index (χ1v) is 12.5. The summed E-state index contributed by atoms with van der Waals surface area (Å²) in [5, 5.41) is 3.36. The summed E-state index contributed by atoms with van der Waals surface area (Å²) in [5.74, 6) is 0.985. The van der Waals surface area contributed by atoms with E-state index < -0.39 is 14.6 Å². The lowest BCUT2D eigenvalue weighted by Gasteiger charge is -2.39. The number of guanidine groups is 1. The molecule has 1 aromatic carbocycles. The zero-order valence-corrected chi connectivity index (χ0v) is 21.7. The van der Waals surface area contributed by atoms with E-state index in [0.29, 0.717) is 19.6 Å². The summed E-state index contributed by atoms with van der Waals surface area (Å²) in [6, 6.07) is 8.56. The van der Waals surface area contributed by atoms with Crippen LogP contribution in [-0.2, 0) is 22.9 Å². The van der Waals surface area contributed by atoms with E-state index >= 15 is 0 Å². The van der Waals surface area contributed by atoms with Crippen LogP contribution in [-0.4, -0.2) is 67.4 Å². The zero-order chi connectivity index (χ0) is 20.9. The smallest absolute Gasteiger partial charge is 0.194 e. The molecule has 2 saturated heterocycles. The average molecular weight is 549 g/mol. The fourth-order valence-corrected chi connectivity index (χ4v) is 5.50. The second-order valence-electron chi connectivity index (χ2n) is 8.78. The average Bonchev–Trinajstić information content (AvgIpc) is 2.69. The number of likely N-dealkylation sites (tertiary alicyclic amines) is 1. The highest BCUT2D eigenvalue weighted by Gasteiger charge is 2.40. The van der Waals surface area contributed by atoms with Crippen molar-refractivity contribution < 1.29 is 8.42 Å². The van der Waals surface area contributed by atoms with Gasteiger partial charge in [0.2, 0.25) is 0 Å². The first kappa shape index (κ1) is 25.4. The minimum Gasteiger partial charge on any atom is -0.357 e. The predicted molar refractivity (Wildman–Crippen MR) is 135 cm³/mol. The van der Waals surface area contributed by atoms with Crippen LogP contribution < -0.4 is 5.32 Å². The highest BCUT2D eigenvalue weighted by atomic mass is 127. The highest BCUT2D eigenvalue weighted by Crippen LogP contribution is 2.24. The molecule has 2 aliphatic heterocycles. The Morgan fingerprint density at radius 2 is 1.77 bits per heavy atom. The molecule has 3 rings (SSSR count). The molecule has 0 unspecified atom stereocenters. The van der Waals surface area contributed by atoms with E-state index in [2.05, 4.69) is 39.4 Å². The number of nitrogens with one attached hydrogen (secondary N) is 1. The second-order valence-corrected chi connectivity index (χ2v) is 11.5. The van der Waals surface area contributed by atoms with Gasteiger partial charge in [-0.25, -0.2) is 13.4 Å². The Kier molecular flexibility index (Phi) is 9.42. The van der Waals surface area contributed by atoms with Crippen molar-refractivity contribution >= 4 is 39.8 Å². The SMILES string of the molecule is CCNC(=NCc1ccccc1CN1CCCCC1)N1CCS(=O)(=O)C(C)(C)C1.I. The van der Waals surface area contributed by atoms with Crippen molar-refractivity contribution in [2.45, 2.75) is 57.9 Å². The van der Waals surface area contributed by atoms with Gasteiger partial charge >= 0.3 is 0 Å². The van der Waals surface area contributed by atoms with Crippen LogP contribution in [0.4, 0.5) is 0 Å². The topological polar surface area (TPSA) is 65.0 Å². The Bertz CT molecular complexity index is 820. The number of nitrogens with zero attached hydrogens (tertiary/aromatic N) is 3. The van der Waals surface area contributed by atoms with Gasteiger partial charge in [0.15, 0.2) is 15.8 Å². The Labute approximate surface area is 199 Å². The van der Waals surface area contributed by atoms with Crippen LogP contribution in [0.15, 0.2) is 29.3 Å². The molecule has 30 heavy (non-hydrogen) atoms. The van der Waals surface area contributed by atoms with E-state index in [9.17, 15) is 8.42 Å². The molecule has 2 fully saturated rings. The van der Waals surface area contributed by atoms with Crippen LogP contribution >= 0.6 is 24.0 Å². The first-order valence-electron chi connectivity index (χ1n) is 10.9. The van der Waals surface area contributed by atoms with Gasteiger partial charge in [-0.05, 0) is 57.8 Å². The summed E-state index contributed by atoms with van der Waals surface area (Å²) in [4.78, 5) is 9.52. The number of benzene rings is 1. The molecule has 0 amide bonds. The third kappa shape index (κ3) is 6.32. The van der Waals surface area contributed by atoms with Crippen molar-refractivity contribution in [1.29, 1.82) is 0 Å². The Balaban J connectivity index is 0.00000320. The predicted octanol–water partition coefficient (Wildman–Crippen LogP) is 3.27. The summed E-state index contributed by atoms with van der Waals surface area (Å²) in [6.07, 6.45) is 3.92. The van der Waals surface area contributed by atoms with E-state index in [1.54, 1.807) is 0 Å². The molecule has 170 valence electrons. The summed E-state index contributed by atoms with van der Waals surface area (Å²) >= 11 is 0. The highest BCUT2D eigenvalue weighted by molar-refractivity contribution is 14.0. The molecule has 8 heteroatoms. The van der Waals surface area contributed by atoms with Crippen LogP contribution in [0.3, 0.4) is 0 Å². The minimum atomic E-state index is -3.06. The number of rotatable bonds is 5. The van der Waals surface area contributed by atoms with Crippen LogP contribution in [0.1, 0.15) is 51.2 Å². The number of hydrogen-bond donors (Lipinski definition) is 1. The van der Waals surface area contributed by atoms with Crippen molar-refractivity contribution in [2.24, 2.45) is 4.99 Å². The summed E-state index contributed by atoms with van der Waals surface area (Å²) in [6.45, 7) is 11.3. The maximum absolute atomic E-state index is 12.4. The molecule has 0 spiro atoms. The van der Waals surface area contributed by atoms with Gasteiger partial charge in [0.1, 0.15) is 0 Å². The Morgan fingerprint density at radius 1 is 1.10 bits per heavy atom. The largest absolute Gasteiger partial charge is 0.357 e. The van der Waals surface area contributed by atoms with Gasteiger partial charge in [-0.3, -0.25) is 4.90 Å². The third-order valence-electron chi connectivity index (χ3n) is 6.04. The van der Waals surface area contributed by atoms with Gasteiger partial charge < -0.3 is 10.2 Å². The summed E-state index contributed by atoms with van der Waals surface area (Å²) in [7, 11) is -3.06. The number of aliphatic imine (C=N–C) groups is 1. The van der Waals surface area contributed by atoms with Crippen molar-refractivity contribution in [2.75, 3.05) is 38.5 Å². The van der Waals surface area contributed by atoms with Crippen molar-refractivity contribution in [1.82, 2.24) is 15.1 Å². The molecule has 0 saturated carbocycles. The monoisotopic (exact) mass is 548 g/mol. The lowest BCUT2D eigenvalue weighted by atomic mass is 10.1. The van der Waals surface area contributed by atoms with Crippen LogP contribution in [0.2, 0.25) is 0 Å². The molecule has 0 radical (unpaired) electrons.